The van der Waals surface area contributed by atoms with E-state index in [1.807, 2.05) is 6.92 Å². The van der Waals surface area contributed by atoms with Crippen molar-refractivity contribution in [3.05, 3.63) is 42.0 Å². The molecule has 0 saturated heterocycles. The van der Waals surface area contributed by atoms with Crippen LogP contribution >= 0.6 is 0 Å². The van der Waals surface area contributed by atoms with Gasteiger partial charge in [0.1, 0.15) is 17.6 Å². The molecule has 46 heavy (non-hydrogen) atoms. The van der Waals surface area contributed by atoms with Crippen LogP contribution in [0.2, 0.25) is 0 Å². The number of carboxylic acid groups (broad SMARTS) is 2. The van der Waals surface area contributed by atoms with Gasteiger partial charge in [-0.2, -0.15) is 0 Å². The number of benzene rings is 1. The molecule has 1 amide bonds. The molecule has 0 aliphatic rings. The summed E-state index contributed by atoms with van der Waals surface area (Å²) in [6, 6.07) is 5.08. The minimum Gasteiger partial charge on any atom is -0.494 e. The van der Waals surface area contributed by atoms with Crippen molar-refractivity contribution in [1.82, 2.24) is 5.32 Å². The Bertz CT molecular complexity index is 1080. The Morgan fingerprint density at radius 3 is 2.00 bits per heavy atom. The zero-order valence-electron chi connectivity index (χ0n) is 27.4. The number of amides is 1. The van der Waals surface area contributed by atoms with Gasteiger partial charge < -0.3 is 25.4 Å². The first kappa shape index (κ1) is 40.7. The summed E-state index contributed by atoms with van der Waals surface area (Å²) >= 11 is 0. The van der Waals surface area contributed by atoms with Gasteiger partial charge in [-0.15, -0.1) is 0 Å². The number of ketones is 1. The molecular formula is C35H53F2NO8. The van der Waals surface area contributed by atoms with Gasteiger partial charge in [0.2, 0.25) is 12.3 Å². The van der Waals surface area contributed by atoms with Gasteiger partial charge in [-0.25, -0.2) is 18.4 Å². The van der Waals surface area contributed by atoms with E-state index in [4.69, 9.17) is 4.74 Å². The molecule has 0 bridgehead atoms. The largest absolute Gasteiger partial charge is 0.494 e. The van der Waals surface area contributed by atoms with Crippen LogP contribution in [0.4, 0.5) is 8.78 Å². The van der Waals surface area contributed by atoms with Crippen molar-refractivity contribution in [2.45, 2.75) is 135 Å². The Morgan fingerprint density at radius 1 is 0.870 bits per heavy atom. The Balaban J connectivity index is 2.81. The first-order chi connectivity index (χ1) is 21.9. The number of allylic oxidation sites excluding steroid dienone is 1. The quantitative estimate of drug-likeness (QED) is 0.0592. The molecular weight excluding hydrogens is 600 g/mol. The van der Waals surface area contributed by atoms with Crippen LogP contribution in [0.15, 0.2) is 36.4 Å². The first-order valence-electron chi connectivity index (χ1n) is 16.6. The van der Waals surface area contributed by atoms with Crippen LogP contribution in [0, 0.1) is 5.92 Å². The fourth-order valence-electron chi connectivity index (χ4n) is 5.02. The maximum absolute atomic E-state index is 13.4. The van der Waals surface area contributed by atoms with Crippen molar-refractivity contribution < 1.29 is 48.0 Å². The molecule has 1 aromatic rings. The highest BCUT2D eigenvalue weighted by molar-refractivity contribution is 5.92. The number of hydrogen-bond acceptors (Lipinski definition) is 6. The minimum absolute atomic E-state index is 0.172. The number of ether oxygens (including phenoxy) is 1. The molecule has 0 heterocycles. The number of aliphatic carboxylic acids is 2. The number of aliphatic hydroxyl groups is 1. The molecule has 0 radical (unpaired) electrons. The van der Waals surface area contributed by atoms with Crippen LogP contribution in [-0.2, 0) is 25.6 Å². The maximum Gasteiger partial charge on any atom is 0.337 e. The summed E-state index contributed by atoms with van der Waals surface area (Å²) in [5.41, 5.74) is -2.62. The molecule has 0 saturated carbocycles. The summed E-state index contributed by atoms with van der Waals surface area (Å²) in [7, 11) is 0. The minimum atomic E-state index is -3.24. The molecule has 0 aliphatic carbocycles. The van der Waals surface area contributed by atoms with E-state index in [1.54, 1.807) is 24.3 Å². The van der Waals surface area contributed by atoms with Gasteiger partial charge in [0.25, 0.3) is 0 Å². The van der Waals surface area contributed by atoms with Crippen molar-refractivity contribution in [3.63, 3.8) is 0 Å². The Kier molecular flexibility index (Phi) is 20.4. The van der Waals surface area contributed by atoms with Crippen LogP contribution in [0.1, 0.15) is 116 Å². The van der Waals surface area contributed by atoms with Gasteiger partial charge in [0, 0.05) is 25.7 Å². The number of unbranched alkanes of at least 4 members (excludes halogenated alkanes) is 9. The molecule has 4 N–H and O–H groups in total. The van der Waals surface area contributed by atoms with Gasteiger partial charge in [-0.1, -0.05) is 83.1 Å². The number of alkyl halides is 2. The highest BCUT2D eigenvalue weighted by Gasteiger charge is 2.49. The molecule has 11 heteroatoms. The lowest BCUT2D eigenvalue weighted by Crippen LogP contribution is -2.55. The van der Waals surface area contributed by atoms with Gasteiger partial charge in [-0.05, 0) is 49.8 Å². The zero-order chi connectivity index (χ0) is 34.4. The second-order valence-electron chi connectivity index (χ2n) is 11.8. The van der Waals surface area contributed by atoms with Crippen LogP contribution in [-0.4, -0.2) is 63.6 Å². The smallest absolute Gasteiger partial charge is 0.337 e. The van der Waals surface area contributed by atoms with Crippen molar-refractivity contribution in [2.75, 3.05) is 6.61 Å². The second-order valence-corrected chi connectivity index (χ2v) is 11.8. The monoisotopic (exact) mass is 653 g/mol. The number of carbonyl (C=O) groups excluding carboxylic acids is 2. The molecule has 9 nitrogen and oxygen atoms in total. The third-order valence-electron chi connectivity index (χ3n) is 7.84. The maximum atomic E-state index is 13.4. The topological polar surface area (TPSA) is 150 Å². The molecule has 1 rings (SSSR count). The zero-order valence-corrected chi connectivity index (χ0v) is 27.4. The Hall–Kier alpha value is -3.34. The Labute approximate surface area is 271 Å². The number of nitrogens with one attached hydrogen (secondary N) is 1. The average molecular weight is 654 g/mol. The van der Waals surface area contributed by atoms with E-state index in [2.05, 4.69) is 12.2 Å². The average Bonchev–Trinajstić information content (AvgIpc) is 3.00. The highest BCUT2D eigenvalue weighted by atomic mass is 19.3. The predicted molar refractivity (Wildman–Crippen MR) is 172 cm³/mol. The third-order valence-corrected chi connectivity index (χ3v) is 7.84. The second kappa shape index (κ2) is 23.1. The molecule has 3 atom stereocenters. The predicted octanol–water partition coefficient (Wildman–Crippen LogP) is 6.89. The summed E-state index contributed by atoms with van der Waals surface area (Å²) in [6.07, 6.45) is 9.33. The molecule has 0 fully saturated rings. The summed E-state index contributed by atoms with van der Waals surface area (Å²) in [6.45, 7) is 4.71. The van der Waals surface area contributed by atoms with E-state index < -0.39 is 48.3 Å². The summed E-state index contributed by atoms with van der Waals surface area (Å²) in [5, 5.41) is 32.5. The molecule has 0 spiro atoms. The van der Waals surface area contributed by atoms with Gasteiger partial charge in [-0.3, -0.25) is 9.59 Å². The van der Waals surface area contributed by atoms with Gasteiger partial charge in [0.15, 0.2) is 5.60 Å². The fourth-order valence-corrected chi connectivity index (χ4v) is 5.02. The standard InChI is InChI=1S/C35H53F2NO8/c1-3-5-7-10-13-16-27(39)17-14-11-8-9-12-15-18-29(35(45,34(43)44)25-31(36)37)32(40)38-30(33(41)42)24-26-19-21-28(22-20-26)46-23-6-4-2/h15,18-22,29-31,45H,3-14,16-17,23-25H2,1-2H3,(H,38,40)(H,41,42)(H,43,44)/t29-,30+,35+/m1/s1. The van der Waals surface area contributed by atoms with E-state index in [0.29, 0.717) is 43.6 Å². The normalized spacial score (nSPS) is 14.1. The summed E-state index contributed by atoms with van der Waals surface area (Å²) in [5.74, 6) is -5.74. The number of hydrogen-bond donors (Lipinski definition) is 4. The number of carbonyl (C=O) groups is 4. The fraction of sp³-hybridized carbons (Fsp3) is 0.657. The number of carboxylic acids is 2. The molecule has 0 unspecified atom stereocenters. The van der Waals surface area contributed by atoms with Crippen molar-refractivity contribution in [2.24, 2.45) is 5.92 Å². The van der Waals surface area contributed by atoms with Crippen LogP contribution in [0.3, 0.4) is 0 Å². The van der Waals surface area contributed by atoms with Crippen molar-refractivity contribution >= 4 is 23.6 Å². The summed E-state index contributed by atoms with van der Waals surface area (Å²) < 4.78 is 32.3. The first-order valence-corrected chi connectivity index (χ1v) is 16.6. The Morgan fingerprint density at radius 2 is 1.46 bits per heavy atom. The van der Waals surface area contributed by atoms with Gasteiger partial charge in [0.05, 0.1) is 12.5 Å². The molecule has 0 aromatic heterocycles. The van der Waals surface area contributed by atoms with E-state index in [0.717, 1.165) is 63.9 Å². The van der Waals surface area contributed by atoms with E-state index in [1.165, 1.54) is 12.5 Å². The lowest BCUT2D eigenvalue weighted by molar-refractivity contribution is -0.171. The van der Waals surface area contributed by atoms with Crippen molar-refractivity contribution in [1.29, 1.82) is 0 Å². The van der Waals surface area contributed by atoms with E-state index in [-0.39, 0.29) is 12.2 Å². The van der Waals surface area contributed by atoms with E-state index in [9.17, 15) is 43.3 Å². The van der Waals surface area contributed by atoms with E-state index >= 15 is 0 Å². The third kappa shape index (κ3) is 16.3. The highest BCUT2D eigenvalue weighted by Crippen LogP contribution is 2.28. The number of rotatable bonds is 27. The lowest BCUT2D eigenvalue weighted by atomic mass is 9.83. The molecule has 0 aliphatic heterocycles. The van der Waals surface area contributed by atoms with Crippen LogP contribution in [0.5, 0.6) is 5.75 Å². The van der Waals surface area contributed by atoms with Crippen LogP contribution in [0.25, 0.3) is 0 Å². The SMILES string of the molecule is CCCCCCCC(=O)CCCCCCC=C[C@H](C(=O)N[C@@H](Cc1ccc(OCCCC)cc1)C(=O)O)[C@@](O)(CC(F)F)C(=O)O. The van der Waals surface area contributed by atoms with Crippen LogP contribution < -0.4 is 10.1 Å². The summed E-state index contributed by atoms with van der Waals surface area (Å²) in [4.78, 5) is 49.2. The molecule has 260 valence electrons. The number of Topliss-reactive ketones (excluding diaryl/α,β-unsaturated/α-hetero) is 1. The van der Waals surface area contributed by atoms with Crippen molar-refractivity contribution in [3.8, 4) is 5.75 Å². The lowest BCUT2D eigenvalue weighted by Gasteiger charge is -2.30. The number of halogens is 2. The molecule has 1 aromatic carbocycles. The van der Waals surface area contributed by atoms with Gasteiger partial charge >= 0.3 is 11.9 Å².